The van der Waals surface area contributed by atoms with Gasteiger partial charge in [0.2, 0.25) is 0 Å². The molecule has 0 bridgehead atoms. The van der Waals surface area contributed by atoms with Gasteiger partial charge in [-0.05, 0) is 24.3 Å². The number of nitrogens with one attached hydrogen (secondary N) is 1. The van der Waals surface area contributed by atoms with Crippen molar-refractivity contribution in [1.29, 1.82) is 0 Å². The monoisotopic (exact) mass is 329 g/mol. The van der Waals surface area contributed by atoms with Crippen molar-refractivity contribution >= 4 is 35.2 Å². The summed E-state index contributed by atoms with van der Waals surface area (Å²) in [7, 11) is 1.51. The van der Waals surface area contributed by atoms with E-state index in [9.17, 15) is 5.11 Å². The largest absolute Gasteiger partial charge is 0.504 e. The molecule has 118 valence electrons. The molecule has 0 aliphatic heterocycles. The highest BCUT2D eigenvalue weighted by Crippen LogP contribution is 2.28. The van der Waals surface area contributed by atoms with Gasteiger partial charge in [-0.1, -0.05) is 24.3 Å². The molecule has 1 heterocycles. The third kappa shape index (κ3) is 3.52. The Morgan fingerprint density at radius 1 is 1.13 bits per heavy atom. The fourth-order valence-electron chi connectivity index (χ4n) is 2.17. The number of hydrazone groups is 1. The van der Waals surface area contributed by atoms with Gasteiger partial charge in [0.05, 0.1) is 24.5 Å². The van der Waals surface area contributed by atoms with Crippen LogP contribution in [0.5, 0.6) is 11.5 Å². The van der Waals surface area contributed by atoms with Crippen molar-refractivity contribution in [3.63, 3.8) is 0 Å². The molecule has 0 fully saturated rings. The lowest BCUT2D eigenvalue weighted by Gasteiger charge is -2.06. The molecule has 0 atom stereocenters. The first-order valence-electron chi connectivity index (χ1n) is 6.78. The third-order valence-electron chi connectivity index (χ3n) is 3.27. The number of nitrogens with zero attached hydrogens (tertiary/aromatic N) is 2. The topological polar surface area (TPSA) is 66.7 Å². The summed E-state index contributed by atoms with van der Waals surface area (Å²) in [4.78, 5) is 4.35. The van der Waals surface area contributed by atoms with Gasteiger partial charge in [-0.15, -0.1) is 12.4 Å². The Kier molecular flexibility index (Phi) is 5.38. The Bertz CT molecular complexity index is 832. The standard InChI is InChI=1S/C17H15N3O2.ClH/c1-22-15-9-3-6-13(17(15)21)11-19-20-14-8-2-5-12-7-4-10-18-16(12)14;/h2-11,20-21H,1H3;1H/b19-11+;. The molecular weight excluding hydrogens is 314 g/mol. The zero-order valence-corrected chi connectivity index (χ0v) is 13.2. The maximum Gasteiger partial charge on any atom is 0.166 e. The first-order valence-corrected chi connectivity index (χ1v) is 6.78. The second-order valence-electron chi connectivity index (χ2n) is 4.65. The first-order chi connectivity index (χ1) is 10.8. The quantitative estimate of drug-likeness (QED) is 0.564. The van der Waals surface area contributed by atoms with Crippen molar-refractivity contribution in [2.45, 2.75) is 0 Å². The second kappa shape index (κ2) is 7.47. The fourth-order valence-corrected chi connectivity index (χ4v) is 2.17. The smallest absolute Gasteiger partial charge is 0.166 e. The Hall–Kier alpha value is -2.79. The van der Waals surface area contributed by atoms with Crippen LogP contribution in [0.2, 0.25) is 0 Å². The summed E-state index contributed by atoms with van der Waals surface area (Å²) in [6.07, 6.45) is 3.28. The van der Waals surface area contributed by atoms with Crippen LogP contribution in [0.1, 0.15) is 5.56 Å². The minimum atomic E-state index is 0. The number of halogens is 1. The summed E-state index contributed by atoms with van der Waals surface area (Å²) in [6.45, 7) is 0. The molecule has 23 heavy (non-hydrogen) atoms. The van der Waals surface area contributed by atoms with Crippen LogP contribution in [0, 0.1) is 0 Å². The Morgan fingerprint density at radius 3 is 2.74 bits per heavy atom. The van der Waals surface area contributed by atoms with E-state index >= 15 is 0 Å². The Morgan fingerprint density at radius 2 is 1.91 bits per heavy atom. The van der Waals surface area contributed by atoms with Crippen molar-refractivity contribution < 1.29 is 9.84 Å². The number of rotatable bonds is 4. The number of aromatic nitrogens is 1. The van der Waals surface area contributed by atoms with Crippen LogP contribution < -0.4 is 10.2 Å². The number of pyridine rings is 1. The number of ether oxygens (including phenoxy) is 1. The molecule has 2 N–H and O–H groups in total. The van der Waals surface area contributed by atoms with Crippen molar-refractivity contribution in [1.82, 2.24) is 4.98 Å². The van der Waals surface area contributed by atoms with Crippen molar-refractivity contribution in [2.75, 3.05) is 12.5 Å². The molecule has 0 saturated carbocycles. The predicted molar refractivity (Wildman–Crippen MR) is 94.9 cm³/mol. The normalized spacial score (nSPS) is 10.5. The van der Waals surface area contributed by atoms with Gasteiger partial charge in [0.25, 0.3) is 0 Å². The summed E-state index contributed by atoms with van der Waals surface area (Å²) in [5.74, 6) is 0.474. The number of hydrogen-bond acceptors (Lipinski definition) is 5. The molecular formula is C17H16ClN3O2. The number of methoxy groups -OCH3 is 1. The highest BCUT2D eigenvalue weighted by Gasteiger charge is 2.05. The van der Waals surface area contributed by atoms with E-state index in [1.807, 2.05) is 30.3 Å². The Labute approximate surface area is 140 Å². The first kappa shape index (κ1) is 16.6. The number of phenols is 1. The van der Waals surface area contributed by atoms with Gasteiger partial charge >= 0.3 is 0 Å². The van der Waals surface area contributed by atoms with E-state index in [1.165, 1.54) is 7.11 Å². The fraction of sp³-hybridized carbons (Fsp3) is 0.0588. The molecule has 0 amide bonds. The molecule has 0 radical (unpaired) electrons. The van der Waals surface area contributed by atoms with Gasteiger partial charge in [-0.2, -0.15) is 5.10 Å². The lowest BCUT2D eigenvalue weighted by molar-refractivity contribution is 0.373. The minimum Gasteiger partial charge on any atom is -0.504 e. The van der Waals surface area contributed by atoms with Gasteiger partial charge in [0, 0.05) is 17.1 Å². The van der Waals surface area contributed by atoms with Crippen LogP contribution in [-0.2, 0) is 0 Å². The molecule has 0 saturated heterocycles. The molecule has 3 aromatic rings. The van der Waals surface area contributed by atoms with Gasteiger partial charge in [-0.25, -0.2) is 0 Å². The van der Waals surface area contributed by atoms with Crippen LogP contribution in [0.25, 0.3) is 10.9 Å². The number of hydrogen-bond donors (Lipinski definition) is 2. The summed E-state index contributed by atoms with van der Waals surface area (Å²) >= 11 is 0. The lowest BCUT2D eigenvalue weighted by Crippen LogP contribution is -1.94. The van der Waals surface area contributed by atoms with E-state index in [2.05, 4.69) is 15.5 Å². The second-order valence-corrected chi connectivity index (χ2v) is 4.65. The molecule has 0 aliphatic rings. The number of fused-ring (bicyclic) bond motifs is 1. The highest BCUT2D eigenvalue weighted by molar-refractivity contribution is 5.91. The van der Waals surface area contributed by atoms with Crippen LogP contribution in [0.15, 0.2) is 59.8 Å². The average Bonchev–Trinajstić information content (AvgIpc) is 2.56. The summed E-state index contributed by atoms with van der Waals surface area (Å²) < 4.78 is 5.07. The SMILES string of the molecule is COc1cccc(/C=N/Nc2cccc3cccnc23)c1O.Cl. The molecule has 5 nitrogen and oxygen atoms in total. The van der Waals surface area contributed by atoms with E-state index in [1.54, 1.807) is 30.6 Å². The van der Waals surface area contributed by atoms with E-state index in [0.717, 1.165) is 16.6 Å². The molecule has 2 aromatic carbocycles. The van der Waals surface area contributed by atoms with Crippen LogP contribution >= 0.6 is 12.4 Å². The third-order valence-corrected chi connectivity index (χ3v) is 3.27. The molecule has 0 spiro atoms. The number of para-hydroxylation sites is 2. The van der Waals surface area contributed by atoms with E-state index < -0.39 is 0 Å². The number of benzene rings is 2. The van der Waals surface area contributed by atoms with Crippen LogP contribution in [0.3, 0.4) is 0 Å². The van der Waals surface area contributed by atoms with Gasteiger partial charge < -0.3 is 9.84 Å². The summed E-state index contributed by atoms with van der Waals surface area (Å²) in [5, 5.41) is 15.2. The lowest BCUT2D eigenvalue weighted by atomic mass is 10.2. The van der Waals surface area contributed by atoms with E-state index in [-0.39, 0.29) is 18.2 Å². The van der Waals surface area contributed by atoms with Crippen LogP contribution in [0.4, 0.5) is 5.69 Å². The molecule has 1 aromatic heterocycles. The van der Waals surface area contributed by atoms with Gasteiger partial charge in [0.1, 0.15) is 0 Å². The van der Waals surface area contributed by atoms with Gasteiger partial charge in [0.15, 0.2) is 11.5 Å². The van der Waals surface area contributed by atoms with Crippen molar-refractivity contribution in [3.05, 3.63) is 60.3 Å². The highest BCUT2D eigenvalue weighted by atomic mass is 35.5. The molecule has 6 heteroatoms. The summed E-state index contributed by atoms with van der Waals surface area (Å²) in [5.41, 5.74) is 5.17. The van der Waals surface area contributed by atoms with Crippen LogP contribution in [-0.4, -0.2) is 23.4 Å². The van der Waals surface area contributed by atoms with Crippen molar-refractivity contribution in [2.24, 2.45) is 5.10 Å². The van der Waals surface area contributed by atoms with E-state index in [4.69, 9.17) is 4.74 Å². The molecule has 3 rings (SSSR count). The number of phenolic OH excluding ortho intramolecular Hbond substituents is 1. The van der Waals surface area contributed by atoms with Crippen molar-refractivity contribution in [3.8, 4) is 11.5 Å². The zero-order valence-electron chi connectivity index (χ0n) is 12.4. The molecule has 0 aliphatic carbocycles. The van der Waals surface area contributed by atoms with E-state index in [0.29, 0.717) is 11.3 Å². The maximum atomic E-state index is 10.0. The predicted octanol–water partition coefficient (Wildman–Crippen LogP) is 3.82. The van der Waals surface area contributed by atoms with Gasteiger partial charge in [-0.3, -0.25) is 10.4 Å². The maximum absolute atomic E-state index is 10.0. The summed E-state index contributed by atoms with van der Waals surface area (Å²) in [6, 6.07) is 14.9. The molecule has 0 unspecified atom stereocenters. The number of aromatic hydroxyl groups is 1. The number of anilines is 1. The average molecular weight is 330 g/mol. The zero-order chi connectivity index (χ0) is 15.4. The Balaban J connectivity index is 0.00000192. The minimum absolute atomic E-state index is 0.